The highest BCUT2D eigenvalue weighted by atomic mass is 79.9. The van der Waals surface area contributed by atoms with Crippen LogP contribution in [0.1, 0.15) is 14.5 Å². The van der Waals surface area contributed by atoms with E-state index in [1.807, 2.05) is 43.3 Å². The third-order valence-electron chi connectivity index (χ3n) is 2.90. The molecule has 0 fully saturated rings. The van der Waals surface area contributed by atoms with Crippen molar-refractivity contribution < 1.29 is 4.79 Å². The second kappa shape index (κ2) is 5.34. The molecule has 2 heterocycles. The van der Waals surface area contributed by atoms with Gasteiger partial charge in [-0.25, -0.2) is 0 Å². The van der Waals surface area contributed by atoms with Crippen molar-refractivity contribution in [2.75, 3.05) is 5.32 Å². The number of nitrogens with zero attached hydrogens (tertiary/aromatic N) is 1. The number of amides is 1. The van der Waals surface area contributed by atoms with Crippen molar-refractivity contribution in [3.63, 3.8) is 0 Å². The van der Waals surface area contributed by atoms with Crippen LogP contribution in [0.2, 0.25) is 0 Å². The average molecular weight is 347 g/mol. The summed E-state index contributed by atoms with van der Waals surface area (Å²) in [6.45, 7) is 1.98. The average Bonchev–Trinajstić information content (AvgIpc) is 2.78. The number of thiophene rings is 1. The number of nitrogens with one attached hydrogen (secondary N) is 1. The van der Waals surface area contributed by atoms with Crippen LogP contribution in [0.3, 0.4) is 0 Å². The number of pyridine rings is 1. The summed E-state index contributed by atoms with van der Waals surface area (Å²) in [5.41, 5.74) is 1.53. The van der Waals surface area contributed by atoms with Crippen LogP contribution in [0.15, 0.2) is 47.1 Å². The number of benzene rings is 1. The number of carbonyl (C=O) groups excluding carboxylic acids is 1. The van der Waals surface area contributed by atoms with Gasteiger partial charge in [0.1, 0.15) is 4.88 Å². The van der Waals surface area contributed by atoms with Gasteiger partial charge in [0.25, 0.3) is 5.91 Å². The zero-order valence-corrected chi connectivity index (χ0v) is 13.1. The lowest BCUT2D eigenvalue weighted by molar-refractivity contribution is 0.103. The smallest absolute Gasteiger partial charge is 0.266 e. The van der Waals surface area contributed by atoms with Crippen LogP contribution in [0.5, 0.6) is 0 Å². The Balaban J connectivity index is 1.97. The molecule has 100 valence electrons. The van der Waals surface area contributed by atoms with Gasteiger partial charge >= 0.3 is 0 Å². The van der Waals surface area contributed by atoms with Crippen LogP contribution in [-0.4, -0.2) is 10.9 Å². The topological polar surface area (TPSA) is 42.0 Å². The number of aromatic nitrogens is 1. The summed E-state index contributed by atoms with van der Waals surface area (Å²) in [6, 6.07) is 11.6. The molecule has 1 N–H and O–H groups in total. The van der Waals surface area contributed by atoms with Crippen molar-refractivity contribution in [1.29, 1.82) is 0 Å². The quantitative estimate of drug-likeness (QED) is 0.735. The lowest BCUT2D eigenvalue weighted by Crippen LogP contribution is -2.11. The number of rotatable bonds is 2. The summed E-state index contributed by atoms with van der Waals surface area (Å²) in [4.78, 5) is 18.4. The van der Waals surface area contributed by atoms with E-state index in [-0.39, 0.29) is 5.91 Å². The third kappa shape index (κ3) is 2.46. The van der Waals surface area contributed by atoms with Gasteiger partial charge in [-0.15, -0.1) is 11.3 Å². The number of anilines is 1. The highest BCUT2D eigenvalue weighted by molar-refractivity contribution is 9.10. The van der Waals surface area contributed by atoms with E-state index in [2.05, 4.69) is 26.2 Å². The normalized spacial score (nSPS) is 10.7. The van der Waals surface area contributed by atoms with Gasteiger partial charge < -0.3 is 5.32 Å². The zero-order chi connectivity index (χ0) is 14.1. The van der Waals surface area contributed by atoms with Crippen molar-refractivity contribution in [2.24, 2.45) is 0 Å². The number of para-hydroxylation sites is 1. The molecule has 20 heavy (non-hydrogen) atoms. The molecule has 0 bridgehead atoms. The van der Waals surface area contributed by atoms with E-state index in [9.17, 15) is 4.79 Å². The van der Waals surface area contributed by atoms with Gasteiger partial charge in [-0.05, 0) is 41.1 Å². The Morgan fingerprint density at radius 3 is 2.85 bits per heavy atom. The Morgan fingerprint density at radius 2 is 2.10 bits per heavy atom. The number of fused-ring (bicyclic) bond motifs is 1. The predicted molar refractivity (Wildman–Crippen MR) is 86.5 cm³/mol. The molecule has 0 spiro atoms. The number of hydrogen-bond acceptors (Lipinski definition) is 3. The maximum atomic E-state index is 12.3. The summed E-state index contributed by atoms with van der Waals surface area (Å²) in [5, 5.41) is 3.94. The first-order valence-electron chi connectivity index (χ1n) is 6.06. The lowest BCUT2D eigenvalue weighted by Gasteiger charge is -2.07. The van der Waals surface area contributed by atoms with E-state index in [4.69, 9.17) is 0 Å². The summed E-state index contributed by atoms with van der Waals surface area (Å²) >= 11 is 4.88. The van der Waals surface area contributed by atoms with E-state index in [0.29, 0.717) is 4.88 Å². The summed E-state index contributed by atoms with van der Waals surface area (Å²) in [6.07, 6.45) is 1.73. The van der Waals surface area contributed by atoms with Crippen LogP contribution in [0, 0.1) is 6.92 Å². The monoisotopic (exact) mass is 346 g/mol. The van der Waals surface area contributed by atoms with Crippen LogP contribution >= 0.6 is 27.3 Å². The molecule has 3 rings (SSSR count). The third-order valence-corrected chi connectivity index (χ3v) is 4.83. The highest BCUT2D eigenvalue weighted by Gasteiger charge is 2.14. The molecule has 1 amide bonds. The minimum atomic E-state index is -0.117. The molecule has 0 saturated carbocycles. The fraction of sp³-hybridized carbons (Fsp3) is 0.0667. The molecule has 2 aromatic heterocycles. The first-order chi connectivity index (χ1) is 9.65. The van der Waals surface area contributed by atoms with Gasteiger partial charge in [-0.2, -0.15) is 0 Å². The Morgan fingerprint density at radius 1 is 1.30 bits per heavy atom. The van der Waals surface area contributed by atoms with Crippen LogP contribution in [0.4, 0.5) is 5.69 Å². The zero-order valence-electron chi connectivity index (χ0n) is 10.7. The standard InChI is InChI=1S/C15H11BrN2OS/c1-9-8-11(16)14(20-9)15(19)18-12-6-2-4-10-5-3-7-17-13(10)12/h2-8H,1H3,(H,18,19). The van der Waals surface area contributed by atoms with E-state index in [0.717, 1.165) is 25.9 Å². The molecule has 0 aliphatic heterocycles. The van der Waals surface area contributed by atoms with Crippen LogP contribution < -0.4 is 5.32 Å². The maximum absolute atomic E-state index is 12.3. The molecule has 0 aliphatic carbocycles. The first kappa shape index (κ1) is 13.3. The molecule has 3 nitrogen and oxygen atoms in total. The van der Waals surface area contributed by atoms with Gasteiger partial charge in [0.15, 0.2) is 0 Å². The molecule has 1 aromatic carbocycles. The van der Waals surface area contributed by atoms with Crippen molar-refractivity contribution >= 4 is 49.8 Å². The summed E-state index contributed by atoms with van der Waals surface area (Å²) < 4.78 is 0.825. The molecule has 0 unspecified atom stereocenters. The number of aryl methyl sites for hydroxylation is 1. The van der Waals surface area contributed by atoms with Gasteiger partial charge in [0.2, 0.25) is 0 Å². The lowest BCUT2D eigenvalue weighted by atomic mass is 10.2. The second-order valence-corrected chi connectivity index (χ2v) is 6.48. The van der Waals surface area contributed by atoms with Gasteiger partial charge in [-0.1, -0.05) is 18.2 Å². The Kier molecular flexibility index (Phi) is 3.54. The fourth-order valence-electron chi connectivity index (χ4n) is 2.02. The van der Waals surface area contributed by atoms with Crippen LogP contribution in [-0.2, 0) is 0 Å². The number of hydrogen-bond donors (Lipinski definition) is 1. The minimum Gasteiger partial charge on any atom is -0.319 e. The maximum Gasteiger partial charge on any atom is 0.266 e. The van der Waals surface area contributed by atoms with E-state index in [1.54, 1.807) is 6.20 Å². The summed E-state index contributed by atoms with van der Waals surface area (Å²) in [5.74, 6) is -0.117. The molecule has 3 aromatic rings. The highest BCUT2D eigenvalue weighted by Crippen LogP contribution is 2.28. The molecule has 0 saturated heterocycles. The Hall–Kier alpha value is -1.72. The number of carbonyl (C=O) groups is 1. The molecular weight excluding hydrogens is 336 g/mol. The van der Waals surface area contributed by atoms with Crippen LogP contribution in [0.25, 0.3) is 10.9 Å². The van der Waals surface area contributed by atoms with Crippen molar-refractivity contribution in [2.45, 2.75) is 6.92 Å². The van der Waals surface area contributed by atoms with Gasteiger partial charge in [0, 0.05) is 20.9 Å². The predicted octanol–water partition coefficient (Wildman–Crippen LogP) is 4.62. The molecular formula is C15H11BrN2OS. The van der Waals surface area contributed by atoms with E-state index in [1.165, 1.54) is 11.3 Å². The fourth-order valence-corrected chi connectivity index (χ4v) is 3.74. The molecule has 5 heteroatoms. The van der Waals surface area contributed by atoms with Gasteiger partial charge in [-0.3, -0.25) is 9.78 Å². The van der Waals surface area contributed by atoms with Crippen molar-refractivity contribution in [3.05, 3.63) is 56.8 Å². The largest absolute Gasteiger partial charge is 0.319 e. The van der Waals surface area contributed by atoms with E-state index < -0.39 is 0 Å². The molecule has 0 atom stereocenters. The van der Waals surface area contributed by atoms with Gasteiger partial charge in [0.05, 0.1) is 11.2 Å². The van der Waals surface area contributed by atoms with Crippen molar-refractivity contribution in [1.82, 2.24) is 4.98 Å². The first-order valence-corrected chi connectivity index (χ1v) is 7.67. The molecule has 0 radical (unpaired) electrons. The van der Waals surface area contributed by atoms with E-state index >= 15 is 0 Å². The second-order valence-electron chi connectivity index (χ2n) is 4.37. The number of halogens is 1. The molecule has 0 aliphatic rings. The van der Waals surface area contributed by atoms with Crippen molar-refractivity contribution in [3.8, 4) is 0 Å². The summed E-state index contributed by atoms with van der Waals surface area (Å²) in [7, 11) is 0. The SMILES string of the molecule is Cc1cc(Br)c(C(=O)Nc2cccc3cccnc23)s1. The minimum absolute atomic E-state index is 0.117. The Bertz CT molecular complexity index is 792. The Labute approximate surface area is 128 Å².